The summed E-state index contributed by atoms with van der Waals surface area (Å²) >= 11 is 2.26. The van der Waals surface area contributed by atoms with Gasteiger partial charge in [0, 0.05) is 16.4 Å². The highest BCUT2D eigenvalue weighted by Crippen LogP contribution is 2.27. The normalized spacial score (nSPS) is 10.2. The summed E-state index contributed by atoms with van der Waals surface area (Å²) in [7, 11) is 3.19. The molecule has 0 aliphatic rings. The van der Waals surface area contributed by atoms with Gasteiger partial charge < -0.3 is 9.47 Å². The van der Waals surface area contributed by atoms with Crippen LogP contribution in [0.15, 0.2) is 42.5 Å². The van der Waals surface area contributed by atoms with Gasteiger partial charge >= 0.3 is 0 Å². The molecule has 0 N–H and O–H groups in total. The van der Waals surface area contributed by atoms with Gasteiger partial charge in [-0.05, 0) is 51.9 Å². The third-order valence-electron chi connectivity index (χ3n) is 3.19. The van der Waals surface area contributed by atoms with E-state index in [1.807, 2.05) is 42.5 Å². The van der Waals surface area contributed by atoms with E-state index in [0.29, 0.717) is 24.3 Å². The average molecular weight is 396 g/mol. The molecule has 0 aromatic heterocycles. The molecule has 0 unspecified atom stereocenters. The smallest absolute Gasteiger partial charge is 0.161 e. The Morgan fingerprint density at radius 1 is 1.00 bits per heavy atom. The molecule has 0 aliphatic heterocycles. The van der Waals surface area contributed by atoms with Crippen molar-refractivity contribution >= 4 is 28.4 Å². The lowest BCUT2D eigenvalue weighted by Crippen LogP contribution is -2.08. The number of methoxy groups -OCH3 is 2. The number of hydrogen-bond donors (Lipinski definition) is 0. The summed E-state index contributed by atoms with van der Waals surface area (Å²) in [5.74, 6) is 1.51. The second kappa shape index (κ2) is 7.45. The molecule has 0 amide bonds. The maximum Gasteiger partial charge on any atom is 0.161 e. The lowest BCUT2D eigenvalue weighted by atomic mass is 10.0. The highest BCUT2D eigenvalue weighted by molar-refractivity contribution is 14.1. The Hall–Kier alpha value is -1.56. The fourth-order valence-corrected chi connectivity index (χ4v) is 2.71. The Labute approximate surface area is 138 Å². The minimum Gasteiger partial charge on any atom is -0.493 e. The third-order valence-corrected chi connectivity index (χ3v) is 4.25. The summed E-state index contributed by atoms with van der Waals surface area (Å²) in [6.45, 7) is 0. The van der Waals surface area contributed by atoms with Crippen LogP contribution < -0.4 is 9.47 Å². The van der Waals surface area contributed by atoms with Gasteiger partial charge in [0.25, 0.3) is 0 Å². The quantitative estimate of drug-likeness (QED) is 0.700. The number of rotatable bonds is 6. The Morgan fingerprint density at radius 2 is 1.71 bits per heavy atom. The molecular formula is C17H17IO3. The molecular weight excluding hydrogens is 379 g/mol. The number of ketones is 1. The lowest BCUT2D eigenvalue weighted by molar-refractivity contribution is -0.117. The van der Waals surface area contributed by atoms with Crippen molar-refractivity contribution in [3.63, 3.8) is 0 Å². The highest BCUT2D eigenvalue weighted by atomic mass is 127. The van der Waals surface area contributed by atoms with E-state index in [1.54, 1.807) is 14.2 Å². The molecule has 4 heteroatoms. The minimum absolute atomic E-state index is 0.186. The van der Waals surface area contributed by atoms with Crippen molar-refractivity contribution in [2.45, 2.75) is 12.8 Å². The molecule has 110 valence electrons. The van der Waals surface area contributed by atoms with E-state index in [1.165, 1.54) is 0 Å². The molecule has 0 atom stereocenters. The number of benzene rings is 2. The molecule has 0 bridgehead atoms. The van der Waals surface area contributed by atoms with E-state index in [4.69, 9.17) is 9.47 Å². The van der Waals surface area contributed by atoms with Crippen LogP contribution in [0.1, 0.15) is 11.1 Å². The average Bonchev–Trinajstić information content (AvgIpc) is 2.49. The zero-order valence-electron chi connectivity index (χ0n) is 12.1. The van der Waals surface area contributed by atoms with Gasteiger partial charge in [-0.3, -0.25) is 4.79 Å². The second-order valence-corrected chi connectivity index (χ2v) is 5.84. The molecule has 0 spiro atoms. The summed E-state index contributed by atoms with van der Waals surface area (Å²) in [5.41, 5.74) is 2.01. The Bertz CT molecular complexity index is 638. The topological polar surface area (TPSA) is 35.5 Å². The molecule has 3 nitrogen and oxygen atoms in total. The van der Waals surface area contributed by atoms with Crippen LogP contribution in [0, 0.1) is 3.57 Å². The Kier molecular flexibility index (Phi) is 5.61. The Morgan fingerprint density at radius 3 is 2.38 bits per heavy atom. The lowest BCUT2D eigenvalue weighted by Gasteiger charge is -2.09. The molecule has 0 heterocycles. The van der Waals surface area contributed by atoms with Gasteiger partial charge in [0.1, 0.15) is 5.78 Å². The van der Waals surface area contributed by atoms with Gasteiger partial charge in [-0.25, -0.2) is 0 Å². The summed E-state index contributed by atoms with van der Waals surface area (Å²) < 4.78 is 11.6. The van der Waals surface area contributed by atoms with E-state index in [0.717, 1.165) is 14.7 Å². The van der Waals surface area contributed by atoms with Crippen molar-refractivity contribution in [2.75, 3.05) is 14.2 Å². The number of halogens is 1. The third kappa shape index (κ3) is 4.20. The van der Waals surface area contributed by atoms with Gasteiger partial charge in [-0.2, -0.15) is 0 Å². The van der Waals surface area contributed by atoms with Crippen LogP contribution >= 0.6 is 22.6 Å². The SMILES string of the molecule is COc1ccc(CC(=O)Cc2ccccc2I)cc1OC. The predicted octanol–water partition coefficient (Wildman–Crippen LogP) is 3.66. The van der Waals surface area contributed by atoms with E-state index in [2.05, 4.69) is 22.6 Å². The predicted molar refractivity (Wildman–Crippen MR) is 91.1 cm³/mol. The first kappa shape index (κ1) is 15.8. The van der Waals surface area contributed by atoms with E-state index < -0.39 is 0 Å². The van der Waals surface area contributed by atoms with E-state index in [-0.39, 0.29) is 5.78 Å². The largest absolute Gasteiger partial charge is 0.493 e. The van der Waals surface area contributed by atoms with Crippen LogP contribution in [0.25, 0.3) is 0 Å². The van der Waals surface area contributed by atoms with Crippen molar-refractivity contribution < 1.29 is 14.3 Å². The Balaban J connectivity index is 2.08. The summed E-state index contributed by atoms with van der Waals surface area (Å²) in [5, 5.41) is 0. The molecule has 2 aromatic carbocycles. The second-order valence-electron chi connectivity index (χ2n) is 4.67. The van der Waals surface area contributed by atoms with Crippen molar-refractivity contribution in [1.82, 2.24) is 0 Å². The van der Waals surface area contributed by atoms with Gasteiger partial charge in [-0.15, -0.1) is 0 Å². The van der Waals surface area contributed by atoms with Gasteiger partial charge in [-0.1, -0.05) is 24.3 Å². The standard InChI is InChI=1S/C17H17IO3/c1-20-16-8-7-12(10-17(16)21-2)9-14(19)11-13-5-3-4-6-15(13)18/h3-8,10H,9,11H2,1-2H3. The molecule has 21 heavy (non-hydrogen) atoms. The van der Waals surface area contributed by atoms with Crippen LogP contribution in [0.4, 0.5) is 0 Å². The molecule has 2 rings (SSSR count). The highest BCUT2D eigenvalue weighted by Gasteiger charge is 2.10. The first-order valence-electron chi connectivity index (χ1n) is 6.60. The first-order valence-corrected chi connectivity index (χ1v) is 7.68. The molecule has 0 aliphatic carbocycles. The van der Waals surface area contributed by atoms with Crippen molar-refractivity contribution in [3.05, 3.63) is 57.2 Å². The monoisotopic (exact) mass is 396 g/mol. The van der Waals surface area contributed by atoms with Gasteiger partial charge in [0.05, 0.1) is 14.2 Å². The fraction of sp³-hybridized carbons (Fsp3) is 0.235. The van der Waals surface area contributed by atoms with Crippen LogP contribution in [0.5, 0.6) is 11.5 Å². The van der Waals surface area contributed by atoms with Gasteiger partial charge in [0.15, 0.2) is 11.5 Å². The fourth-order valence-electron chi connectivity index (χ4n) is 2.13. The number of ether oxygens (including phenoxy) is 2. The maximum atomic E-state index is 12.2. The maximum absolute atomic E-state index is 12.2. The number of Topliss-reactive ketones (excluding diaryl/α,β-unsaturated/α-hetero) is 1. The molecule has 2 aromatic rings. The minimum atomic E-state index is 0.186. The molecule has 0 radical (unpaired) electrons. The molecule has 0 saturated heterocycles. The zero-order valence-corrected chi connectivity index (χ0v) is 14.2. The summed E-state index contributed by atoms with van der Waals surface area (Å²) in [6.07, 6.45) is 0.846. The first-order chi connectivity index (χ1) is 10.1. The van der Waals surface area contributed by atoms with E-state index >= 15 is 0 Å². The zero-order chi connectivity index (χ0) is 15.2. The van der Waals surface area contributed by atoms with Crippen molar-refractivity contribution in [3.8, 4) is 11.5 Å². The number of hydrogen-bond acceptors (Lipinski definition) is 3. The van der Waals surface area contributed by atoms with Crippen molar-refractivity contribution in [2.24, 2.45) is 0 Å². The summed E-state index contributed by atoms with van der Waals surface area (Å²) in [4.78, 5) is 12.2. The molecule has 0 fully saturated rings. The number of carbonyl (C=O) groups is 1. The van der Waals surface area contributed by atoms with E-state index in [9.17, 15) is 4.79 Å². The van der Waals surface area contributed by atoms with Crippen LogP contribution in [0.3, 0.4) is 0 Å². The van der Waals surface area contributed by atoms with Crippen LogP contribution in [0.2, 0.25) is 0 Å². The number of carbonyl (C=O) groups excluding carboxylic acids is 1. The molecule has 0 saturated carbocycles. The van der Waals surface area contributed by atoms with Gasteiger partial charge in [0.2, 0.25) is 0 Å². The summed E-state index contributed by atoms with van der Waals surface area (Å²) in [6, 6.07) is 13.5. The van der Waals surface area contributed by atoms with Crippen molar-refractivity contribution in [1.29, 1.82) is 0 Å². The van der Waals surface area contributed by atoms with Crippen LogP contribution in [-0.4, -0.2) is 20.0 Å². The van der Waals surface area contributed by atoms with Crippen LogP contribution in [-0.2, 0) is 17.6 Å².